The van der Waals surface area contributed by atoms with Gasteiger partial charge in [-0.2, -0.15) is 0 Å². The Labute approximate surface area is 120 Å². The van der Waals surface area contributed by atoms with Gasteiger partial charge in [0.05, 0.1) is 5.56 Å². The van der Waals surface area contributed by atoms with Gasteiger partial charge in [-0.15, -0.1) is 0 Å². The summed E-state index contributed by atoms with van der Waals surface area (Å²) in [5.74, 6) is -2.16. The number of amides is 4. The van der Waals surface area contributed by atoms with Gasteiger partial charge in [0, 0.05) is 6.42 Å². The van der Waals surface area contributed by atoms with Gasteiger partial charge in [0.2, 0.25) is 18.2 Å². The van der Waals surface area contributed by atoms with Gasteiger partial charge in [0.15, 0.2) is 0 Å². The zero-order chi connectivity index (χ0) is 15.6. The minimum Gasteiger partial charge on any atom is -0.507 e. The Bertz CT molecular complexity index is 606. The number of phenolic OH excluding ortho intramolecular Hbond substituents is 1. The van der Waals surface area contributed by atoms with Gasteiger partial charge >= 0.3 is 0 Å². The minimum atomic E-state index is -1.05. The number of phenols is 1. The van der Waals surface area contributed by atoms with Gasteiger partial charge in [-0.3, -0.25) is 29.4 Å². The number of aromatic hydroxyl groups is 1. The van der Waals surface area contributed by atoms with Crippen molar-refractivity contribution in [3.63, 3.8) is 0 Å². The number of nitrogens with zero attached hydrogens (tertiary/aromatic N) is 1. The van der Waals surface area contributed by atoms with Crippen molar-refractivity contribution < 1.29 is 24.3 Å². The van der Waals surface area contributed by atoms with Crippen LogP contribution in [0.4, 0.5) is 0 Å². The number of nitrogens with one attached hydrogen (secondary N) is 1. The molecule has 1 fully saturated rings. The zero-order valence-electron chi connectivity index (χ0n) is 11.3. The lowest BCUT2D eigenvalue weighted by atomic mass is 10.0. The van der Waals surface area contributed by atoms with Crippen LogP contribution in [0.25, 0.3) is 0 Å². The molecule has 1 aromatic carbocycles. The average Bonchev–Trinajstić information content (AvgIpc) is 2.41. The number of carbonyl (C=O) groups excluding carboxylic acids is 4. The van der Waals surface area contributed by atoms with E-state index in [0.717, 1.165) is 0 Å². The molecule has 1 heterocycles. The fraction of sp³-hybridized carbons (Fsp3) is 0.286. The fourth-order valence-corrected chi connectivity index (χ4v) is 2.27. The molecule has 1 aromatic rings. The summed E-state index contributed by atoms with van der Waals surface area (Å²) in [7, 11) is 0. The van der Waals surface area contributed by atoms with Gasteiger partial charge in [-0.25, -0.2) is 0 Å². The smallest absolute Gasteiger partial charge is 0.265 e. The molecule has 110 valence electrons. The molecule has 0 aromatic heterocycles. The van der Waals surface area contributed by atoms with Crippen LogP contribution in [0.5, 0.6) is 5.75 Å². The second-order valence-electron chi connectivity index (χ2n) is 4.75. The summed E-state index contributed by atoms with van der Waals surface area (Å²) in [6.45, 7) is 1.61. The van der Waals surface area contributed by atoms with Crippen LogP contribution in [0.2, 0.25) is 0 Å². The number of benzene rings is 1. The molecule has 0 saturated carbocycles. The van der Waals surface area contributed by atoms with Crippen molar-refractivity contribution in [1.29, 1.82) is 0 Å². The molecule has 2 N–H and O–H groups in total. The molecule has 7 heteroatoms. The van der Waals surface area contributed by atoms with E-state index < -0.39 is 23.8 Å². The number of imide groups is 2. The quantitative estimate of drug-likeness (QED) is 0.607. The molecule has 0 aliphatic carbocycles. The molecule has 1 aliphatic rings. The Kier molecular flexibility index (Phi) is 4.02. The summed E-state index contributed by atoms with van der Waals surface area (Å²) in [4.78, 5) is 47.2. The van der Waals surface area contributed by atoms with E-state index in [-0.39, 0.29) is 30.6 Å². The van der Waals surface area contributed by atoms with Crippen molar-refractivity contribution in [1.82, 2.24) is 10.2 Å². The lowest BCUT2D eigenvalue weighted by Gasteiger charge is -2.28. The van der Waals surface area contributed by atoms with E-state index in [2.05, 4.69) is 5.32 Å². The Balaban J connectivity index is 2.33. The molecule has 0 radical (unpaired) electrons. The lowest BCUT2D eigenvalue weighted by molar-refractivity contribution is -0.139. The van der Waals surface area contributed by atoms with Crippen molar-refractivity contribution in [2.75, 3.05) is 0 Å². The number of aryl methyl sites for hydroxylation is 1. The molecule has 7 nitrogen and oxygen atoms in total. The highest BCUT2D eigenvalue weighted by molar-refractivity contribution is 6.08. The van der Waals surface area contributed by atoms with E-state index in [0.29, 0.717) is 10.5 Å². The summed E-state index contributed by atoms with van der Waals surface area (Å²) < 4.78 is 0. The highest BCUT2D eigenvalue weighted by Gasteiger charge is 2.35. The van der Waals surface area contributed by atoms with E-state index in [9.17, 15) is 24.3 Å². The second kappa shape index (κ2) is 5.74. The minimum absolute atomic E-state index is 0.0331. The highest BCUT2D eigenvalue weighted by atomic mass is 16.3. The number of hydrogen-bond donors (Lipinski definition) is 2. The predicted octanol–water partition coefficient (Wildman–Crippen LogP) is 0.104. The van der Waals surface area contributed by atoms with E-state index in [1.807, 2.05) is 0 Å². The number of hydrogen-bond acceptors (Lipinski definition) is 5. The van der Waals surface area contributed by atoms with E-state index >= 15 is 0 Å². The first-order chi connectivity index (χ1) is 9.95. The highest BCUT2D eigenvalue weighted by Crippen LogP contribution is 2.24. The monoisotopic (exact) mass is 290 g/mol. The first-order valence-electron chi connectivity index (χ1n) is 6.36. The predicted molar refractivity (Wildman–Crippen MR) is 71.2 cm³/mol. The summed E-state index contributed by atoms with van der Waals surface area (Å²) in [5, 5.41) is 11.9. The van der Waals surface area contributed by atoms with Crippen LogP contribution in [0.15, 0.2) is 18.2 Å². The van der Waals surface area contributed by atoms with E-state index in [1.165, 1.54) is 6.07 Å². The van der Waals surface area contributed by atoms with Crippen molar-refractivity contribution >= 4 is 24.1 Å². The third-order valence-corrected chi connectivity index (χ3v) is 3.36. The van der Waals surface area contributed by atoms with Gasteiger partial charge < -0.3 is 5.11 Å². The molecule has 21 heavy (non-hydrogen) atoms. The molecular weight excluding hydrogens is 276 g/mol. The third-order valence-electron chi connectivity index (χ3n) is 3.36. The molecule has 0 bridgehead atoms. The van der Waals surface area contributed by atoms with Crippen LogP contribution in [0.1, 0.15) is 28.8 Å². The first-order valence-corrected chi connectivity index (χ1v) is 6.36. The molecule has 4 amide bonds. The molecule has 1 atom stereocenters. The number of piperidine rings is 1. The SMILES string of the molecule is Cc1cccc(O)c1C(=O)N(C=O)C1CCC(=O)NC1=O. The first kappa shape index (κ1) is 14.7. The molecular formula is C14H14N2O5. The Morgan fingerprint density at radius 3 is 2.71 bits per heavy atom. The van der Waals surface area contributed by atoms with Crippen LogP contribution >= 0.6 is 0 Å². The average molecular weight is 290 g/mol. The van der Waals surface area contributed by atoms with Crippen LogP contribution in [-0.2, 0) is 14.4 Å². The van der Waals surface area contributed by atoms with Crippen molar-refractivity contribution in [2.45, 2.75) is 25.8 Å². The maximum Gasteiger partial charge on any atom is 0.265 e. The van der Waals surface area contributed by atoms with Gasteiger partial charge in [-0.1, -0.05) is 12.1 Å². The summed E-state index contributed by atoms with van der Waals surface area (Å²) in [6, 6.07) is 3.46. The van der Waals surface area contributed by atoms with Gasteiger partial charge in [-0.05, 0) is 25.0 Å². The normalized spacial score (nSPS) is 18.0. The zero-order valence-corrected chi connectivity index (χ0v) is 11.3. The van der Waals surface area contributed by atoms with Crippen LogP contribution < -0.4 is 5.32 Å². The number of carbonyl (C=O) groups is 4. The molecule has 1 aliphatic heterocycles. The maximum atomic E-state index is 12.4. The molecule has 1 saturated heterocycles. The van der Waals surface area contributed by atoms with E-state index in [1.54, 1.807) is 19.1 Å². The van der Waals surface area contributed by atoms with Crippen LogP contribution in [-0.4, -0.2) is 40.2 Å². The van der Waals surface area contributed by atoms with Gasteiger partial charge in [0.25, 0.3) is 5.91 Å². The van der Waals surface area contributed by atoms with Crippen molar-refractivity contribution in [3.8, 4) is 5.75 Å². The number of rotatable bonds is 3. The van der Waals surface area contributed by atoms with Crippen LogP contribution in [0, 0.1) is 6.92 Å². The fourth-order valence-electron chi connectivity index (χ4n) is 2.27. The Morgan fingerprint density at radius 2 is 2.14 bits per heavy atom. The maximum absolute atomic E-state index is 12.4. The van der Waals surface area contributed by atoms with Gasteiger partial charge in [0.1, 0.15) is 11.8 Å². The summed E-state index contributed by atoms with van der Waals surface area (Å²) in [5.41, 5.74) is 0.452. The van der Waals surface area contributed by atoms with Crippen LogP contribution in [0.3, 0.4) is 0 Å². The van der Waals surface area contributed by atoms with Crippen molar-refractivity contribution in [3.05, 3.63) is 29.3 Å². The largest absolute Gasteiger partial charge is 0.507 e. The molecule has 0 spiro atoms. The topological polar surface area (TPSA) is 104 Å². The Hall–Kier alpha value is -2.70. The second-order valence-corrected chi connectivity index (χ2v) is 4.75. The Morgan fingerprint density at radius 1 is 1.43 bits per heavy atom. The summed E-state index contributed by atoms with van der Waals surface area (Å²) >= 11 is 0. The van der Waals surface area contributed by atoms with Crippen molar-refractivity contribution in [2.24, 2.45) is 0 Å². The standard InChI is InChI=1S/C14H14N2O5/c1-8-3-2-4-10(18)12(8)14(21)16(7-17)9-5-6-11(19)15-13(9)20/h2-4,7,9,18H,5-6H2,1H3,(H,15,19,20). The third kappa shape index (κ3) is 2.76. The molecule has 1 unspecified atom stereocenters. The van der Waals surface area contributed by atoms with E-state index in [4.69, 9.17) is 0 Å². The molecule has 2 rings (SSSR count). The lowest BCUT2D eigenvalue weighted by Crippen LogP contribution is -2.53. The summed E-state index contributed by atoms with van der Waals surface area (Å²) in [6.07, 6.45) is 0.365.